The van der Waals surface area contributed by atoms with Gasteiger partial charge in [-0.2, -0.15) is 0 Å². The van der Waals surface area contributed by atoms with Crippen molar-refractivity contribution in [1.29, 1.82) is 0 Å². The highest BCUT2D eigenvalue weighted by molar-refractivity contribution is 5.68. The fraction of sp³-hybridized carbons (Fsp3) is 0.0526. The Morgan fingerprint density at radius 3 is 2.35 bits per heavy atom. The third kappa shape index (κ3) is 4.17. The number of hydrogen-bond donors (Lipinski definition) is 0. The number of ether oxygens (including phenoxy) is 1. The first-order chi connectivity index (χ1) is 11.3. The SMILES string of the molecule is COc1ccc(/C=C/c2cn(/C=C/c3ccccc3)nn2)cc1. The van der Waals surface area contributed by atoms with Gasteiger partial charge in [-0.25, -0.2) is 4.68 Å². The highest BCUT2D eigenvalue weighted by Gasteiger charge is 1.95. The minimum atomic E-state index is 0.804. The molecule has 0 saturated carbocycles. The van der Waals surface area contributed by atoms with Crippen LogP contribution in [0, 0.1) is 0 Å². The number of hydrogen-bond acceptors (Lipinski definition) is 3. The van der Waals surface area contributed by atoms with Crippen molar-refractivity contribution >= 4 is 24.4 Å². The fourth-order valence-corrected chi connectivity index (χ4v) is 2.06. The highest BCUT2D eigenvalue weighted by atomic mass is 16.5. The first-order valence-corrected chi connectivity index (χ1v) is 7.31. The van der Waals surface area contributed by atoms with Crippen LogP contribution in [0.1, 0.15) is 16.8 Å². The molecule has 4 nitrogen and oxygen atoms in total. The van der Waals surface area contributed by atoms with E-state index in [2.05, 4.69) is 10.3 Å². The Labute approximate surface area is 135 Å². The minimum Gasteiger partial charge on any atom is -0.497 e. The molecule has 0 unspecified atom stereocenters. The van der Waals surface area contributed by atoms with Crippen molar-refractivity contribution in [2.75, 3.05) is 7.11 Å². The molecular formula is C19H17N3O. The predicted molar refractivity (Wildman–Crippen MR) is 93.6 cm³/mol. The van der Waals surface area contributed by atoms with Crippen molar-refractivity contribution in [3.63, 3.8) is 0 Å². The Morgan fingerprint density at radius 1 is 0.870 bits per heavy atom. The maximum absolute atomic E-state index is 5.14. The monoisotopic (exact) mass is 303 g/mol. The largest absolute Gasteiger partial charge is 0.497 e. The summed E-state index contributed by atoms with van der Waals surface area (Å²) in [6.07, 6.45) is 9.68. The maximum atomic E-state index is 5.14. The van der Waals surface area contributed by atoms with Crippen LogP contribution in [-0.4, -0.2) is 22.1 Å². The second-order valence-electron chi connectivity index (χ2n) is 4.96. The number of nitrogens with zero attached hydrogens (tertiary/aromatic N) is 3. The number of benzene rings is 2. The molecular weight excluding hydrogens is 286 g/mol. The van der Waals surface area contributed by atoms with E-state index in [0.717, 1.165) is 22.6 Å². The molecule has 0 aliphatic carbocycles. The summed E-state index contributed by atoms with van der Waals surface area (Å²) in [5.41, 5.74) is 3.01. The van der Waals surface area contributed by atoms with Gasteiger partial charge < -0.3 is 4.74 Å². The first kappa shape index (κ1) is 14.8. The third-order valence-electron chi connectivity index (χ3n) is 3.31. The average Bonchev–Trinajstić information content (AvgIpc) is 3.07. The van der Waals surface area contributed by atoms with Crippen molar-refractivity contribution in [2.24, 2.45) is 0 Å². The zero-order valence-corrected chi connectivity index (χ0v) is 12.8. The van der Waals surface area contributed by atoms with Crippen molar-refractivity contribution in [3.05, 3.63) is 77.6 Å². The molecule has 23 heavy (non-hydrogen) atoms. The Hall–Kier alpha value is -3.14. The zero-order valence-electron chi connectivity index (χ0n) is 12.8. The molecule has 0 amide bonds. The van der Waals surface area contributed by atoms with Gasteiger partial charge >= 0.3 is 0 Å². The molecule has 3 rings (SSSR count). The standard InChI is InChI=1S/C19H17N3O/c1-23-19-11-8-17(9-12-19)7-10-18-15-22(21-20-18)14-13-16-5-3-2-4-6-16/h2-15H,1H3/b10-7+,14-13+. The molecule has 0 spiro atoms. The fourth-order valence-electron chi connectivity index (χ4n) is 2.06. The molecule has 1 heterocycles. The second-order valence-corrected chi connectivity index (χ2v) is 4.96. The van der Waals surface area contributed by atoms with Gasteiger partial charge in [0.25, 0.3) is 0 Å². The minimum absolute atomic E-state index is 0.804. The van der Waals surface area contributed by atoms with E-state index < -0.39 is 0 Å². The van der Waals surface area contributed by atoms with Gasteiger partial charge in [0.15, 0.2) is 0 Å². The summed E-state index contributed by atoms with van der Waals surface area (Å²) in [7, 11) is 1.66. The van der Waals surface area contributed by atoms with Crippen LogP contribution in [0.2, 0.25) is 0 Å². The quantitative estimate of drug-likeness (QED) is 0.713. The maximum Gasteiger partial charge on any atom is 0.118 e. The van der Waals surface area contributed by atoms with Crippen LogP contribution in [0.15, 0.2) is 60.8 Å². The molecule has 0 N–H and O–H groups in total. The summed E-state index contributed by atoms with van der Waals surface area (Å²) in [5, 5.41) is 8.21. The number of methoxy groups -OCH3 is 1. The molecule has 0 aliphatic rings. The van der Waals surface area contributed by atoms with E-state index in [9.17, 15) is 0 Å². The number of rotatable bonds is 5. The zero-order chi connectivity index (χ0) is 15.9. The van der Waals surface area contributed by atoms with Crippen molar-refractivity contribution in [3.8, 4) is 5.75 Å². The van der Waals surface area contributed by atoms with Crippen molar-refractivity contribution in [2.45, 2.75) is 0 Å². The molecule has 0 aliphatic heterocycles. The molecule has 0 saturated heterocycles. The van der Waals surface area contributed by atoms with Crippen LogP contribution in [0.5, 0.6) is 5.75 Å². The smallest absolute Gasteiger partial charge is 0.118 e. The van der Waals surface area contributed by atoms with Crippen LogP contribution in [0.25, 0.3) is 24.4 Å². The second kappa shape index (κ2) is 7.22. The first-order valence-electron chi connectivity index (χ1n) is 7.31. The molecule has 0 fully saturated rings. The van der Waals surface area contributed by atoms with Gasteiger partial charge in [0.2, 0.25) is 0 Å². The Balaban J connectivity index is 1.66. The summed E-state index contributed by atoms with van der Waals surface area (Å²) < 4.78 is 6.84. The predicted octanol–water partition coefficient (Wildman–Crippen LogP) is 4.09. The van der Waals surface area contributed by atoms with Crippen LogP contribution in [0.3, 0.4) is 0 Å². The van der Waals surface area contributed by atoms with E-state index in [1.807, 2.05) is 85.2 Å². The molecule has 4 heteroatoms. The molecule has 0 atom stereocenters. The van der Waals surface area contributed by atoms with Gasteiger partial charge in [0, 0.05) is 6.20 Å². The van der Waals surface area contributed by atoms with Crippen LogP contribution < -0.4 is 4.74 Å². The van der Waals surface area contributed by atoms with E-state index >= 15 is 0 Å². The molecule has 3 aromatic rings. The average molecular weight is 303 g/mol. The molecule has 0 radical (unpaired) electrons. The molecule has 2 aromatic carbocycles. The Kier molecular flexibility index (Phi) is 4.64. The van der Waals surface area contributed by atoms with Gasteiger partial charge in [0.1, 0.15) is 11.4 Å². The van der Waals surface area contributed by atoms with E-state index in [1.54, 1.807) is 11.8 Å². The van der Waals surface area contributed by atoms with Gasteiger partial charge in [-0.3, -0.25) is 0 Å². The lowest BCUT2D eigenvalue weighted by Crippen LogP contribution is -1.85. The Morgan fingerprint density at radius 2 is 1.61 bits per heavy atom. The van der Waals surface area contributed by atoms with E-state index in [0.29, 0.717) is 0 Å². The van der Waals surface area contributed by atoms with Gasteiger partial charge in [0.05, 0.1) is 13.3 Å². The van der Waals surface area contributed by atoms with Crippen LogP contribution >= 0.6 is 0 Å². The molecule has 0 bridgehead atoms. The van der Waals surface area contributed by atoms with Crippen LogP contribution in [-0.2, 0) is 0 Å². The lowest BCUT2D eigenvalue weighted by Gasteiger charge is -1.98. The van der Waals surface area contributed by atoms with Crippen molar-refractivity contribution < 1.29 is 4.74 Å². The highest BCUT2D eigenvalue weighted by Crippen LogP contribution is 2.13. The van der Waals surface area contributed by atoms with E-state index in [1.165, 1.54) is 0 Å². The lowest BCUT2D eigenvalue weighted by atomic mass is 10.2. The van der Waals surface area contributed by atoms with Gasteiger partial charge in [-0.05, 0) is 35.4 Å². The lowest BCUT2D eigenvalue weighted by molar-refractivity contribution is 0.415. The van der Waals surface area contributed by atoms with Gasteiger partial charge in [-0.1, -0.05) is 53.8 Å². The summed E-state index contributed by atoms with van der Waals surface area (Å²) in [6, 6.07) is 17.9. The van der Waals surface area contributed by atoms with Crippen molar-refractivity contribution in [1.82, 2.24) is 15.0 Å². The van der Waals surface area contributed by atoms with E-state index in [-0.39, 0.29) is 0 Å². The number of aromatic nitrogens is 3. The van der Waals surface area contributed by atoms with Gasteiger partial charge in [-0.15, -0.1) is 5.10 Å². The Bertz CT molecular complexity index is 802. The normalized spacial score (nSPS) is 11.3. The topological polar surface area (TPSA) is 39.9 Å². The summed E-state index contributed by atoms with van der Waals surface area (Å²) >= 11 is 0. The summed E-state index contributed by atoms with van der Waals surface area (Å²) in [6.45, 7) is 0. The molecule has 1 aromatic heterocycles. The summed E-state index contributed by atoms with van der Waals surface area (Å²) in [5.74, 6) is 0.846. The molecule has 114 valence electrons. The third-order valence-corrected chi connectivity index (χ3v) is 3.31. The van der Waals surface area contributed by atoms with E-state index in [4.69, 9.17) is 4.74 Å². The van der Waals surface area contributed by atoms with Crippen LogP contribution in [0.4, 0.5) is 0 Å². The summed E-state index contributed by atoms with van der Waals surface area (Å²) in [4.78, 5) is 0.